The number of nitrogens with one attached hydrogen (secondary N) is 1. The second-order valence-electron chi connectivity index (χ2n) is 3.83. The molecule has 2 heteroatoms. The first-order chi connectivity index (χ1) is 6.77. The van der Waals surface area contributed by atoms with Crippen molar-refractivity contribution in [3.8, 4) is 0 Å². The summed E-state index contributed by atoms with van der Waals surface area (Å²) in [6.07, 6.45) is 3.95. The average molecular weight is 195 g/mol. The van der Waals surface area contributed by atoms with Gasteiger partial charge in [-0.15, -0.1) is 0 Å². The summed E-state index contributed by atoms with van der Waals surface area (Å²) >= 11 is 0. The smallest absolute Gasteiger partial charge is 0.104 e. The Morgan fingerprint density at radius 1 is 1.43 bits per heavy atom. The van der Waals surface area contributed by atoms with E-state index in [9.17, 15) is 0 Å². The van der Waals surface area contributed by atoms with Gasteiger partial charge in [0, 0.05) is 12.5 Å². The third-order valence-corrected chi connectivity index (χ3v) is 2.70. The zero-order valence-corrected chi connectivity index (χ0v) is 9.42. The van der Waals surface area contributed by atoms with Gasteiger partial charge in [-0.1, -0.05) is 20.8 Å². The molecule has 0 aliphatic rings. The monoisotopic (exact) mass is 195 g/mol. The molecule has 1 aromatic heterocycles. The van der Waals surface area contributed by atoms with Crippen LogP contribution in [0.15, 0.2) is 22.8 Å². The van der Waals surface area contributed by atoms with Crippen molar-refractivity contribution in [2.24, 2.45) is 5.92 Å². The molecule has 1 rings (SSSR count). The number of rotatable bonds is 6. The highest BCUT2D eigenvalue weighted by Gasteiger charge is 2.15. The Kier molecular flexibility index (Phi) is 4.74. The van der Waals surface area contributed by atoms with Crippen molar-refractivity contribution < 1.29 is 4.42 Å². The van der Waals surface area contributed by atoms with Crippen molar-refractivity contribution in [1.82, 2.24) is 5.32 Å². The summed E-state index contributed by atoms with van der Waals surface area (Å²) in [6.45, 7) is 7.70. The molecular formula is C12H21NO. The van der Waals surface area contributed by atoms with Crippen LogP contribution >= 0.6 is 0 Å². The predicted octanol–water partition coefficient (Wildman–Crippen LogP) is 2.85. The van der Waals surface area contributed by atoms with E-state index >= 15 is 0 Å². The first-order valence-electron chi connectivity index (χ1n) is 5.53. The van der Waals surface area contributed by atoms with E-state index < -0.39 is 0 Å². The Labute approximate surface area is 86.7 Å². The van der Waals surface area contributed by atoms with Gasteiger partial charge >= 0.3 is 0 Å². The lowest BCUT2D eigenvalue weighted by Crippen LogP contribution is -2.35. The van der Waals surface area contributed by atoms with E-state index in [-0.39, 0.29) is 0 Å². The molecule has 0 aliphatic carbocycles. The molecule has 0 bridgehead atoms. The molecule has 1 N–H and O–H groups in total. The van der Waals surface area contributed by atoms with Gasteiger partial charge in [0.15, 0.2) is 0 Å². The molecule has 0 spiro atoms. The van der Waals surface area contributed by atoms with Crippen LogP contribution in [-0.4, -0.2) is 12.6 Å². The van der Waals surface area contributed by atoms with E-state index in [0.29, 0.717) is 12.0 Å². The maximum atomic E-state index is 5.35. The van der Waals surface area contributed by atoms with Crippen LogP contribution in [0.2, 0.25) is 0 Å². The highest BCUT2D eigenvalue weighted by molar-refractivity contribution is 4.99. The molecule has 1 heterocycles. The van der Waals surface area contributed by atoms with Gasteiger partial charge in [0.2, 0.25) is 0 Å². The second kappa shape index (κ2) is 5.86. The van der Waals surface area contributed by atoms with Crippen LogP contribution in [0.3, 0.4) is 0 Å². The van der Waals surface area contributed by atoms with Gasteiger partial charge in [-0.2, -0.15) is 0 Å². The lowest BCUT2D eigenvalue weighted by molar-refractivity contribution is 0.347. The number of hydrogen-bond donors (Lipinski definition) is 1. The van der Waals surface area contributed by atoms with E-state index in [2.05, 4.69) is 32.2 Å². The van der Waals surface area contributed by atoms with Gasteiger partial charge in [0.05, 0.1) is 6.26 Å². The highest BCUT2D eigenvalue weighted by Crippen LogP contribution is 2.14. The van der Waals surface area contributed by atoms with Crippen LogP contribution in [0.25, 0.3) is 0 Å². The van der Waals surface area contributed by atoms with E-state index in [1.807, 2.05) is 6.07 Å². The standard InChI is InChI=1S/C12H21NO/c1-4-12(13-5-2)10(3)9-11-7-6-8-14-11/h6-8,10,12-13H,4-5,9H2,1-3H3. The van der Waals surface area contributed by atoms with Crippen LogP contribution in [0.5, 0.6) is 0 Å². The summed E-state index contributed by atoms with van der Waals surface area (Å²) in [5, 5.41) is 3.50. The second-order valence-corrected chi connectivity index (χ2v) is 3.83. The molecule has 0 aromatic carbocycles. The minimum Gasteiger partial charge on any atom is -0.469 e. The van der Waals surface area contributed by atoms with Gasteiger partial charge in [0.25, 0.3) is 0 Å². The zero-order chi connectivity index (χ0) is 10.4. The summed E-state index contributed by atoms with van der Waals surface area (Å²) in [7, 11) is 0. The summed E-state index contributed by atoms with van der Waals surface area (Å²) in [6, 6.07) is 4.61. The molecule has 0 amide bonds. The van der Waals surface area contributed by atoms with Gasteiger partial charge < -0.3 is 9.73 Å². The molecule has 2 atom stereocenters. The Balaban J connectivity index is 2.43. The Morgan fingerprint density at radius 2 is 2.21 bits per heavy atom. The van der Waals surface area contributed by atoms with E-state index in [1.54, 1.807) is 6.26 Å². The van der Waals surface area contributed by atoms with Crippen LogP contribution in [0.4, 0.5) is 0 Å². The molecule has 0 radical (unpaired) electrons. The SMILES string of the molecule is CCNC(CC)C(C)Cc1ccco1. The molecule has 0 saturated heterocycles. The third kappa shape index (κ3) is 3.18. The molecule has 1 aromatic rings. The molecule has 80 valence electrons. The molecular weight excluding hydrogens is 174 g/mol. The summed E-state index contributed by atoms with van der Waals surface area (Å²) < 4.78 is 5.35. The molecule has 2 unspecified atom stereocenters. The number of furan rings is 1. The summed E-state index contributed by atoms with van der Waals surface area (Å²) in [5.74, 6) is 1.72. The maximum absolute atomic E-state index is 5.35. The Morgan fingerprint density at radius 3 is 2.71 bits per heavy atom. The van der Waals surface area contributed by atoms with Crippen molar-refractivity contribution in [3.05, 3.63) is 24.2 Å². The van der Waals surface area contributed by atoms with Crippen molar-refractivity contribution in [1.29, 1.82) is 0 Å². The third-order valence-electron chi connectivity index (χ3n) is 2.70. The lowest BCUT2D eigenvalue weighted by atomic mass is 9.95. The van der Waals surface area contributed by atoms with E-state index in [0.717, 1.165) is 18.7 Å². The topological polar surface area (TPSA) is 25.2 Å². The Bertz CT molecular complexity index is 230. The first-order valence-corrected chi connectivity index (χ1v) is 5.53. The van der Waals surface area contributed by atoms with Crippen LogP contribution in [0.1, 0.15) is 33.0 Å². The summed E-state index contributed by atoms with van der Waals surface area (Å²) in [5.41, 5.74) is 0. The normalized spacial score (nSPS) is 15.4. The van der Waals surface area contributed by atoms with Crippen molar-refractivity contribution in [3.63, 3.8) is 0 Å². The minimum absolute atomic E-state index is 0.602. The molecule has 0 saturated carbocycles. The average Bonchev–Trinajstić information content (AvgIpc) is 2.66. The minimum atomic E-state index is 0.602. The lowest BCUT2D eigenvalue weighted by Gasteiger charge is -2.22. The molecule has 0 fully saturated rings. The first kappa shape index (κ1) is 11.3. The van der Waals surface area contributed by atoms with Crippen LogP contribution in [-0.2, 0) is 6.42 Å². The predicted molar refractivity (Wildman–Crippen MR) is 59.3 cm³/mol. The highest BCUT2D eigenvalue weighted by atomic mass is 16.3. The van der Waals surface area contributed by atoms with Crippen LogP contribution in [0, 0.1) is 5.92 Å². The zero-order valence-electron chi connectivity index (χ0n) is 9.42. The largest absolute Gasteiger partial charge is 0.469 e. The quantitative estimate of drug-likeness (QED) is 0.755. The fourth-order valence-electron chi connectivity index (χ4n) is 1.90. The Hall–Kier alpha value is -0.760. The van der Waals surface area contributed by atoms with Crippen molar-refractivity contribution in [2.75, 3.05) is 6.54 Å². The van der Waals surface area contributed by atoms with Gasteiger partial charge in [0.1, 0.15) is 5.76 Å². The van der Waals surface area contributed by atoms with Crippen molar-refractivity contribution >= 4 is 0 Å². The molecule has 2 nitrogen and oxygen atoms in total. The maximum Gasteiger partial charge on any atom is 0.104 e. The van der Waals surface area contributed by atoms with E-state index in [1.165, 1.54) is 6.42 Å². The molecule has 14 heavy (non-hydrogen) atoms. The van der Waals surface area contributed by atoms with Crippen LogP contribution < -0.4 is 5.32 Å². The number of hydrogen-bond acceptors (Lipinski definition) is 2. The summed E-state index contributed by atoms with van der Waals surface area (Å²) in [4.78, 5) is 0. The van der Waals surface area contributed by atoms with Gasteiger partial charge in [-0.05, 0) is 31.0 Å². The van der Waals surface area contributed by atoms with Gasteiger partial charge in [-0.3, -0.25) is 0 Å². The molecule has 0 aliphatic heterocycles. The fraction of sp³-hybridized carbons (Fsp3) is 0.667. The van der Waals surface area contributed by atoms with E-state index in [4.69, 9.17) is 4.42 Å². The fourth-order valence-corrected chi connectivity index (χ4v) is 1.90. The van der Waals surface area contributed by atoms with Crippen molar-refractivity contribution in [2.45, 2.75) is 39.7 Å². The van der Waals surface area contributed by atoms with Gasteiger partial charge in [-0.25, -0.2) is 0 Å².